The molecule has 9 heteroatoms. The van der Waals surface area contributed by atoms with E-state index in [0.717, 1.165) is 31.6 Å². The largest absolute Gasteiger partial charge is 0.462 e. The van der Waals surface area contributed by atoms with E-state index in [1.165, 1.54) is 12.3 Å². The molecule has 3 heterocycles. The molecule has 0 bridgehead atoms. The first-order chi connectivity index (χ1) is 15.5. The zero-order chi connectivity index (χ0) is 22.5. The zero-order valence-electron chi connectivity index (χ0n) is 18.4. The van der Waals surface area contributed by atoms with E-state index in [0.29, 0.717) is 36.7 Å². The molecule has 2 aromatic rings. The second kappa shape index (κ2) is 10.0. The van der Waals surface area contributed by atoms with Crippen LogP contribution in [0.3, 0.4) is 0 Å². The number of carbonyl (C=O) groups is 1. The molecule has 2 unspecified atom stereocenters. The van der Waals surface area contributed by atoms with Gasteiger partial charge in [-0.05, 0) is 56.0 Å². The van der Waals surface area contributed by atoms with Crippen molar-refractivity contribution in [1.82, 2.24) is 25.2 Å². The van der Waals surface area contributed by atoms with Crippen molar-refractivity contribution < 1.29 is 13.9 Å². The lowest BCUT2D eigenvalue weighted by Crippen LogP contribution is -2.28. The number of ether oxygens (including phenoxy) is 1. The summed E-state index contributed by atoms with van der Waals surface area (Å²) in [4.78, 5) is 28.2. The summed E-state index contributed by atoms with van der Waals surface area (Å²) in [6, 6.07) is 3.94. The maximum atomic E-state index is 14.3. The Morgan fingerprint density at radius 2 is 2.16 bits per heavy atom. The van der Waals surface area contributed by atoms with Crippen LogP contribution in [0.4, 0.5) is 10.2 Å². The van der Waals surface area contributed by atoms with Crippen LogP contribution < -0.4 is 15.0 Å². The minimum Gasteiger partial charge on any atom is -0.462 e. The van der Waals surface area contributed by atoms with Gasteiger partial charge in [0.15, 0.2) is 11.6 Å². The summed E-state index contributed by atoms with van der Waals surface area (Å²) in [7, 11) is 3.91. The molecule has 1 saturated carbocycles. The third kappa shape index (κ3) is 5.59. The summed E-state index contributed by atoms with van der Waals surface area (Å²) >= 11 is 0. The van der Waals surface area contributed by atoms with Crippen LogP contribution in [0.25, 0.3) is 6.08 Å². The van der Waals surface area contributed by atoms with E-state index in [4.69, 9.17) is 4.74 Å². The summed E-state index contributed by atoms with van der Waals surface area (Å²) in [6.45, 7) is 3.38. The number of pyridine rings is 1. The fourth-order valence-corrected chi connectivity index (χ4v) is 4.27. The van der Waals surface area contributed by atoms with Gasteiger partial charge in [0.25, 0.3) is 0 Å². The lowest BCUT2D eigenvalue weighted by atomic mass is 10.2. The third-order valence-corrected chi connectivity index (χ3v) is 6.03. The van der Waals surface area contributed by atoms with Gasteiger partial charge in [0, 0.05) is 44.6 Å². The van der Waals surface area contributed by atoms with Crippen LogP contribution >= 0.6 is 0 Å². The van der Waals surface area contributed by atoms with E-state index >= 15 is 0 Å². The van der Waals surface area contributed by atoms with Crippen molar-refractivity contribution in [2.24, 2.45) is 17.8 Å². The van der Waals surface area contributed by atoms with Crippen LogP contribution in [-0.2, 0) is 4.79 Å². The first kappa shape index (κ1) is 22.1. The molecule has 32 heavy (non-hydrogen) atoms. The highest BCUT2D eigenvalue weighted by Crippen LogP contribution is 2.54. The molecule has 1 N–H and O–H groups in total. The summed E-state index contributed by atoms with van der Waals surface area (Å²) in [5, 5.41) is 2.94. The quantitative estimate of drug-likeness (QED) is 0.565. The van der Waals surface area contributed by atoms with Crippen molar-refractivity contribution in [2.75, 3.05) is 51.8 Å². The molecule has 1 aliphatic carbocycles. The molecule has 1 saturated heterocycles. The monoisotopic (exact) mass is 440 g/mol. The number of nitrogens with zero attached hydrogens (tertiary/aromatic N) is 5. The molecule has 2 atom stereocenters. The molecule has 0 spiro atoms. The molecule has 0 aromatic carbocycles. The molecule has 4 rings (SSSR count). The Morgan fingerprint density at radius 1 is 1.34 bits per heavy atom. The highest BCUT2D eigenvalue weighted by molar-refractivity contribution is 5.91. The summed E-state index contributed by atoms with van der Waals surface area (Å²) in [5.41, 5.74) is 0.891. The Balaban J connectivity index is 1.20. The van der Waals surface area contributed by atoms with Gasteiger partial charge in [-0.25, -0.2) is 9.37 Å². The first-order valence-electron chi connectivity index (χ1n) is 10.9. The van der Waals surface area contributed by atoms with E-state index in [1.54, 1.807) is 18.5 Å². The fourth-order valence-electron chi connectivity index (χ4n) is 4.27. The Labute approximate surface area is 187 Å². The Kier molecular flexibility index (Phi) is 6.94. The van der Waals surface area contributed by atoms with Gasteiger partial charge < -0.3 is 19.9 Å². The minimum absolute atomic E-state index is 0.105. The predicted molar refractivity (Wildman–Crippen MR) is 120 cm³/mol. The van der Waals surface area contributed by atoms with Crippen molar-refractivity contribution >= 4 is 17.8 Å². The van der Waals surface area contributed by atoms with Crippen molar-refractivity contribution in [3.8, 4) is 6.01 Å². The van der Waals surface area contributed by atoms with Crippen LogP contribution in [0.1, 0.15) is 12.0 Å². The maximum absolute atomic E-state index is 14.3. The number of halogens is 1. The second-order valence-corrected chi connectivity index (χ2v) is 8.57. The molecule has 8 nitrogen and oxygen atoms in total. The molecule has 2 aromatic heterocycles. The summed E-state index contributed by atoms with van der Waals surface area (Å²) < 4.78 is 19.9. The van der Waals surface area contributed by atoms with E-state index in [9.17, 15) is 9.18 Å². The normalized spacial score (nSPS) is 21.8. The molecule has 2 aliphatic rings. The third-order valence-electron chi connectivity index (χ3n) is 6.03. The highest BCUT2D eigenvalue weighted by Gasteiger charge is 2.55. The first-order valence-corrected chi connectivity index (χ1v) is 10.9. The number of fused-ring (bicyclic) bond motifs is 1. The van der Waals surface area contributed by atoms with Crippen LogP contribution in [0, 0.1) is 23.6 Å². The van der Waals surface area contributed by atoms with Gasteiger partial charge in [-0.3, -0.25) is 9.78 Å². The average molecular weight is 441 g/mol. The number of carbonyl (C=O) groups excluding carboxylic acids is 1. The summed E-state index contributed by atoms with van der Waals surface area (Å²) in [6.07, 6.45) is 8.80. The van der Waals surface area contributed by atoms with E-state index in [1.807, 2.05) is 36.0 Å². The highest BCUT2D eigenvalue weighted by atomic mass is 19.1. The van der Waals surface area contributed by atoms with Crippen LogP contribution in [0.5, 0.6) is 6.01 Å². The van der Waals surface area contributed by atoms with Gasteiger partial charge in [0.2, 0.25) is 5.91 Å². The van der Waals surface area contributed by atoms with E-state index in [2.05, 4.69) is 20.3 Å². The van der Waals surface area contributed by atoms with Crippen LogP contribution in [0.15, 0.2) is 36.8 Å². The number of likely N-dealkylation sites (N-methyl/N-ethyl adjacent to an activating group) is 1. The number of piperidine rings is 1. The molecular formula is C23H29FN6O2. The zero-order valence-corrected chi connectivity index (χ0v) is 18.4. The topological polar surface area (TPSA) is 83.5 Å². The SMILES string of the molecule is CN(C)CCOc1ncc(F)c(N2CC3C(CCNC(=O)/C=C/c4cccnc4)C3C2)n1. The number of nitrogens with one attached hydrogen (secondary N) is 1. The second-order valence-electron chi connectivity index (χ2n) is 8.57. The Morgan fingerprint density at radius 3 is 2.88 bits per heavy atom. The standard InChI is InChI=1S/C23H29FN6O2/c1-29(2)10-11-32-23-27-13-20(24)22(28-23)30-14-18-17(19(18)15-30)7-9-26-21(31)6-5-16-4-3-8-25-12-16/h3-6,8,12-13,17-19H,7,9-11,14-15H2,1-2H3,(H,26,31)/b6-5+. The van der Waals surface area contributed by atoms with Crippen molar-refractivity contribution in [3.63, 3.8) is 0 Å². The van der Waals surface area contributed by atoms with Gasteiger partial charge >= 0.3 is 6.01 Å². The Hall–Kier alpha value is -3.07. The lowest BCUT2D eigenvalue weighted by molar-refractivity contribution is -0.116. The Bertz CT molecular complexity index is 943. The number of rotatable bonds is 10. The van der Waals surface area contributed by atoms with Gasteiger partial charge in [-0.2, -0.15) is 4.98 Å². The molecular weight excluding hydrogens is 411 g/mol. The van der Waals surface area contributed by atoms with Crippen LogP contribution in [-0.4, -0.2) is 72.6 Å². The smallest absolute Gasteiger partial charge is 0.318 e. The fraction of sp³-hybridized carbons (Fsp3) is 0.478. The lowest BCUT2D eigenvalue weighted by Gasteiger charge is -2.21. The number of anilines is 1. The number of amides is 1. The summed E-state index contributed by atoms with van der Waals surface area (Å²) in [5.74, 6) is 1.39. The molecule has 170 valence electrons. The average Bonchev–Trinajstić information content (AvgIpc) is 3.22. The number of hydrogen-bond donors (Lipinski definition) is 1. The molecule has 2 fully saturated rings. The van der Waals surface area contributed by atoms with Gasteiger partial charge in [0.1, 0.15) is 6.61 Å². The van der Waals surface area contributed by atoms with Crippen molar-refractivity contribution in [1.29, 1.82) is 0 Å². The number of hydrogen-bond acceptors (Lipinski definition) is 7. The maximum Gasteiger partial charge on any atom is 0.318 e. The van der Waals surface area contributed by atoms with Crippen molar-refractivity contribution in [2.45, 2.75) is 6.42 Å². The minimum atomic E-state index is -0.421. The van der Waals surface area contributed by atoms with Gasteiger partial charge in [-0.1, -0.05) is 6.07 Å². The van der Waals surface area contributed by atoms with Gasteiger partial charge in [0.05, 0.1) is 6.20 Å². The van der Waals surface area contributed by atoms with Gasteiger partial charge in [-0.15, -0.1) is 0 Å². The molecule has 0 radical (unpaired) electrons. The van der Waals surface area contributed by atoms with E-state index in [-0.39, 0.29) is 11.9 Å². The van der Waals surface area contributed by atoms with Crippen molar-refractivity contribution in [3.05, 3.63) is 48.2 Å². The van der Waals surface area contributed by atoms with E-state index < -0.39 is 5.82 Å². The molecule has 1 amide bonds. The molecule has 1 aliphatic heterocycles. The number of aromatic nitrogens is 3. The van der Waals surface area contributed by atoms with Crippen LogP contribution in [0.2, 0.25) is 0 Å². The predicted octanol–water partition coefficient (Wildman–Crippen LogP) is 1.85.